The minimum atomic E-state index is -0.430. The fourth-order valence-corrected chi connectivity index (χ4v) is 2.38. The number of amides is 1. The molecule has 104 valence electrons. The van der Waals surface area contributed by atoms with E-state index in [-0.39, 0.29) is 18.0 Å². The van der Waals surface area contributed by atoms with Crippen LogP contribution in [0.15, 0.2) is 18.2 Å². The van der Waals surface area contributed by atoms with Gasteiger partial charge in [-0.1, -0.05) is 13.0 Å². The van der Waals surface area contributed by atoms with Gasteiger partial charge in [0.15, 0.2) is 6.10 Å². The molecule has 1 aromatic rings. The number of nitrogens with two attached hydrogens (primary N) is 1. The molecule has 2 unspecified atom stereocenters. The van der Waals surface area contributed by atoms with Crippen molar-refractivity contribution in [3.05, 3.63) is 23.8 Å². The lowest BCUT2D eigenvalue weighted by atomic mass is 10.0. The molecule has 0 saturated heterocycles. The maximum absolute atomic E-state index is 12.2. The molecule has 2 rings (SSSR count). The second-order valence-corrected chi connectivity index (χ2v) is 5.30. The van der Waals surface area contributed by atoms with Gasteiger partial charge in [0.2, 0.25) is 0 Å². The van der Waals surface area contributed by atoms with Crippen molar-refractivity contribution >= 4 is 11.6 Å². The van der Waals surface area contributed by atoms with Gasteiger partial charge in [0.1, 0.15) is 5.75 Å². The first-order valence-electron chi connectivity index (χ1n) is 6.85. The Labute approximate surface area is 114 Å². The maximum atomic E-state index is 12.2. The molecule has 4 nitrogen and oxygen atoms in total. The van der Waals surface area contributed by atoms with E-state index in [0.717, 1.165) is 23.4 Å². The van der Waals surface area contributed by atoms with Gasteiger partial charge in [-0.05, 0) is 44.9 Å². The van der Waals surface area contributed by atoms with E-state index in [0.29, 0.717) is 0 Å². The van der Waals surface area contributed by atoms with Crippen molar-refractivity contribution in [3.63, 3.8) is 0 Å². The summed E-state index contributed by atoms with van der Waals surface area (Å²) >= 11 is 0. The Morgan fingerprint density at radius 3 is 2.68 bits per heavy atom. The van der Waals surface area contributed by atoms with Crippen molar-refractivity contribution < 1.29 is 9.53 Å². The Morgan fingerprint density at radius 1 is 1.42 bits per heavy atom. The number of fused-ring (bicyclic) bond motifs is 1. The first-order valence-corrected chi connectivity index (χ1v) is 6.85. The average Bonchev–Trinajstić information content (AvgIpc) is 2.38. The lowest BCUT2D eigenvalue weighted by molar-refractivity contribution is -0.125. The Bertz CT molecular complexity index is 485. The monoisotopic (exact) mass is 262 g/mol. The van der Waals surface area contributed by atoms with Crippen LogP contribution in [0.4, 0.5) is 5.69 Å². The van der Waals surface area contributed by atoms with Crippen LogP contribution in [-0.4, -0.2) is 18.1 Å². The molecular weight excluding hydrogens is 240 g/mol. The van der Waals surface area contributed by atoms with Crippen LogP contribution >= 0.6 is 0 Å². The summed E-state index contributed by atoms with van der Waals surface area (Å²) in [6.45, 7) is 7.85. The Hall–Kier alpha value is -1.55. The molecule has 0 saturated carbocycles. The molecule has 0 spiro atoms. The summed E-state index contributed by atoms with van der Waals surface area (Å²) in [6.07, 6.45) is 0.437. The van der Waals surface area contributed by atoms with Crippen LogP contribution in [0.25, 0.3) is 0 Å². The van der Waals surface area contributed by atoms with Gasteiger partial charge in [0.05, 0.1) is 5.69 Å². The van der Waals surface area contributed by atoms with E-state index in [1.165, 1.54) is 0 Å². The molecule has 1 aromatic carbocycles. The number of anilines is 1. The molecule has 4 heteroatoms. The summed E-state index contributed by atoms with van der Waals surface area (Å²) in [4.78, 5) is 14.1. The van der Waals surface area contributed by atoms with Crippen molar-refractivity contribution in [1.29, 1.82) is 0 Å². The molecule has 2 N–H and O–H groups in total. The van der Waals surface area contributed by atoms with E-state index >= 15 is 0 Å². The van der Waals surface area contributed by atoms with Gasteiger partial charge in [-0.3, -0.25) is 4.79 Å². The molecule has 0 bridgehead atoms. The van der Waals surface area contributed by atoms with E-state index < -0.39 is 6.10 Å². The third-order valence-electron chi connectivity index (χ3n) is 3.52. The first kappa shape index (κ1) is 13.9. The van der Waals surface area contributed by atoms with Crippen molar-refractivity contribution in [2.45, 2.75) is 52.3 Å². The van der Waals surface area contributed by atoms with Crippen molar-refractivity contribution in [2.75, 3.05) is 4.90 Å². The summed E-state index contributed by atoms with van der Waals surface area (Å²) in [5.74, 6) is 0.762. The number of rotatable bonds is 3. The van der Waals surface area contributed by atoms with Gasteiger partial charge < -0.3 is 15.4 Å². The van der Waals surface area contributed by atoms with Gasteiger partial charge in [0.25, 0.3) is 5.91 Å². The van der Waals surface area contributed by atoms with Gasteiger partial charge in [-0.25, -0.2) is 0 Å². The summed E-state index contributed by atoms with van der Waals surface area (Å²) in [6, 6.07) is 5.97. The number of hydrogen-bond donors (Lipinski definition) is 1. The highest BCUT2D eigenvalue weighted by molar-refractivity contribution is 6.00. The zero-order valence-electron chi connectivity index (χ0n) is 12.0. The van der Waals surface area contributed by atoms with E-state index in [9.17, 15) is 4.79 Å². The second kappa shape index (κ2) is 5.21. The van der Waals surface area contributed by atoms with E-state index in [4.69, 9.17) is 10.5 Å². The summed E-state index contributed by atoms with van der Waals surface area (Å²) in [7, 11) is 0. The maximum Gasteiger partial charge on any atom is 0.268 e. The highest BCUT2D eigenvalue weighted by Crippen LogP contribution is 2.37. The molecule has 1 heterocycles. The van der Waals surface area contributed by atoms with Gasteiger partial charge in [-0.2, -0.15) is 0 Å². The number of benzene rings is 1. The molecule has 0 radical (unpaired) electrons. The minimum absolute atomic E-state index is 0.00437. The fraction of sp³-hybridized carbons (Fsp3) is 0.533. The van der Waals surface area contributed by atoms with E-state index in [1.54, 1.807) is 11.8 Å². The second-order valence-electron chi connectivity index (χ2n) is 5.30. The van der Waals surface area contributed by atoms with Crippen molar-refractivity contribution in [3.8, 4) is 5.75 Å². The van der Waals surface area contributed by atoms with Crippen LogP contribution in [0.3, 0.4) is 0 Å². The lowest BCUT2D eigenvalue weighted by Crippen LogP contribution is -2.47. The summed E-state index contributed by atoms with van der Waals surface area (Å²) in [5.41, 5.74) is 7.94. The molecule has 2 atom stereocenters. The van der Waals surface area contributed by atoms with Crippen LogP contribution < -0.4 is 15.4 Å². The quantitative estimate of drug-likeness (QED) is 0.911. The lowest BCUT2D eigenvalue weighted by Gasteiger charge is -2.36. The van der Waals surface area contributed by atoms with Crippen molar-refractivity contribution in [2.24, 2.45) is 5.73 Å². The average molecular weight is 262 g/mol. The molecule has 19 heavy (non-hydrogen) atoms. The van der Waals surface area contributed by atoms with Crippen LogP contribution in [0.5, 0.6) is 5.75 Å². The van der Waals surface area contributed by atoms with Gasteiger partial charge in [0, 0.05) is 12.1 Å². The normalized spacial score (nSPS) is 20.2. The SMILES string of the molecule is CCC(N)c1ccc2c(c1)N(C(C)C)C(=O)C(C)O2. The highest BCUT2D eigenvalue weighted by atomic mass is 16.5. The number of carbonyl (C=O) groups excluding carboxylic acids is 1. The number of nitrogens with zero attached hydrogens (tertiary/aromatic N) is 1. The third-order valence-corrected chi connectivity index (χ3v) is 3.52. The Morgan fingerprint density at radius 2 is 2.11 bits per heavy atom. The Balaban J connectivity index is 2.48. The molecule has 0 fully saturated rings. The highest BCUT2D eigenvalue weighted by Gasteiger charge is 2.33. The standard InChI is InChI=1S/C15H22N2O2/c1-5-12(16)11-6-7-14-13(8-11)17(9(2)3)15(18)10(4)19-14/h6-10,12H,5,16H2,1-4H3. The van der Waals surface area contributed by atoms with Crippen LogP contribution in [-0.2, 0) is 4.79 Å². The predicted molar refractivity (Wildman–Crippen MR) is 76.4 cm³/mol. The molecule has 0 aromatic heterocycles. The molecule has 1 aliphatic heterocycles. The predicted octanol–water partition coefficient (Wildman–Crippen LogP) is 2.62. The van der Waals surface area contributed by atoms with Gasteiger partial charge >= 0.3 is 0 Å². The van der Waals surface area contributed by atoms with Gasteiger partial charge in [-0.15, -0.1) is 0 Å². The zero-order valence-corrected chi connectivity index (χ0v) is 12.0. The van der Waals surface area contributed by atoms with Crippen LogP contribution in [0.2, 0.25) is 0 Å². The van der Waals surface area contributed by atoms with E-state index in [2.05, 4.69) is 0 Å². The fourth-order valence-electron chi connectivity index (χ4n) is 2.38. The molecule has 1 aliphatic rings. The molecule has 1 amide bonds. The smallest absolute Gasteiger partial charge is 0.268 e. The van der Waals surface area contributed by atoms with Crippen molar-refractivity contribution in [1.82, 2.24) is 0 Å². The largest absolute Gasteiger partial charge is 0.479 e. The molecule has 0 aliphatic carbocycles. The topological polar surface area (TPSA) is 55.6 Å². The molecular formula is C15H22N2O2. The number of ether oxygens (including phenoxy) is 1. The minimum Gasteiger partial charge on any atom is -0.479 e. The third kappa shape index (κ3) is 2.45. The zero-order chi connectivity index (χ0) is 14.2. The van der Waals surface area contributed by atoms with Crippen LogP contribution in [0.1, 0.15) is 45.7 Å². The summed E-state index contributed by atoms with van der Waals surface area (Å²) < 4.78 is 5.66. The number of hydrogen-bond acceptors (Lipinski definition) is 3. The van der Waals surface area contributed by atoms with E-state index in [1.807, 2.05) is 39.0 Å². The Kier molecular flexibility index (Phi) is 3.80. The summed E-state index contributed by atoms with van der Waals surface area (Å²) in [5, 5.41) is 0. The number of carbonyl (C=O) groups is 1. The van der Waals surface area contributed by atoms with Crippen LogP contribution in [0, 0.1) is 0 Å². The first-order chi connectivity index (χ1) is 8.95.